The summed E-state index contributed by atoms with van der Waals surface area (Å²) in [5.41, 5.74) is 0. The average Bonchev–Trinajstić information content (AvgIpc) is 2.85. The van der Waals surface area contributed by atoms with E-state index in [0.717, 1.165) is 6.54 Å². The molecular weight excluding hydrogens is 222 g/mol. The molecule has 6 nitrogen and oxygen atoms in total. The highest BCUT2D eigenvalue weighted by Gasteiger charge is 2.35. The largest absolute Gasteiger partial charge is 0.469 e. The van der Waals surface area contributed by atoms with Gasteiger partial charge in [0.05, 0.1) is 19.6 Å². The van der Waals surface area contributed by atoms with E-state index in [4.69, 9.17) is 9.26 Å². The fourth-order valence-electron chi connectivity index (χ4n) is 2.26. The van der Waals surface area contributed by atoms with Crippen molar-refractivity contribution in [3.05, 3.63) is 11.7 Å². The number of carbonyl (C=O) groups excluding carboxylic acids is 1. The van der Waals surface area contributed by atoms with Crippen LogP contribution in [0.3, 0.4) is 0 Å². The number of nitrogens with zero attached hydrogens (tertiary/aromatic N) is 3. The van der Waals surface area contributed by atoms with Crippen molar-refractivity contribution < 1.29 is 14.1 Å². The molecule has 0 saturated carbocycles. The van der Waals surface area contributed by atoms with Crippen molar-refractivity contribution in [1.29, 1.82) is 0 Å². The van der Waals surface area contributed by atoms with Gasteiger partial charge in [-0.05, 0) is 5.92 Å². The van der Waals surface area contributed by atoms with E-state index in [1.165, 1.54) is 7.11 Å². The van der Waals surface area contributed by atoms with E-state index in [-0.39, 0.29) is 11.9 Å². The highest BCUT2D eigenvalue weighted by molar-refractivity contribution is 5.73. The van der Waals surface area contributed by atoms with Crippen LogP contribution < -0.4 is 0 Å². The standard InChI is InChI=1S/C11H17N3O3/c1-7-4-14(5-9(7)11(15)16-3)6-10-12-8(2)17-13-10/h7,9H,4-6H2,1-3H3. The Bertz CT molecular complexity index is 404. The van der Waals surface area contributed by atoms with Crippen molar-refractivity contribution in [1.82, 2.24) is 15.0 Å². The van der Waals surface area contributed by atoms with Crippen molar-refractivity contribution in [3.8, 4) is 0 Å². The molecule has 6 heteroatoms. The second kappa shape index (κ2) is 4.83. The quantitative estimate of drug-likeness (QED) is 0.720. The van der Waals surface area contributed by atoms with Crippen LogP contribution >= 0.6 is 0 Å². The van der Waals surface area contributed by atoms with Crippen LogP contribution in [0.25, 0.3) is 0 Å². The van der Waals surface area contributed by atoms with E-state index in [0.29, 0.717) is 30.7 Å². The van der Waals surface area contributed by atoms with Crippen LogP contribution in [-0.4, -0.2) is 41.2 Å². The van der Waals surface area contributed by atoms with Crippen LogP contribution in [0.1, 0.15) is 18.6 Å². The highest BCUT2D eigenvalue weighted by Crippen LogP contribution is 2.24. The third kappa shape index (κ3) is 2.63. The Morgan fingerprint density at radius 3 is 2.94 bits per heavy atom. The number of carbonyl (C=O) groups is 1. The van der Waals surface area contributed by atoms with Crippen molar-refractivity contribution in [2.45, 2.75) is 20.4 Å². The van der Waals surface area contributed by atoms with Crippen LogP contribution in [-0.2, 0) is 16.1 Å². The fraction of sp³-hybridized carbons (Fsp3) is 0.727. The van der Waals surface area contributed by atoms with E-state index in [9.17, 15) is 4.79 Å². The Morgan fingerprint density at radius 1 is 1.59 bits per heavy atom. The molecule has 1 fully saturated rings. The van der Waals surface area contributed by atoms with Crippen LogP contribution in [0.15, 0.2) is 4.52 Å². The molecule has 94 valence electrons. The first-order chi connectivity index (χ1) is 8.10. The zero-order valence-corrected chi connectivity index (χ0v) is 10.3. The van der Waals surface area contributed by atoms with Gasteiger partial charge in [-0.1, -0.05) is 12.1 Å². The molecule has 1 saturated heterocycles. The van der Waals surface area contributed by atoms with Crippen molar-refractivity contribution in [3.63, 3.8) is 0 Å². The smallest absolute Gasteiger partial charge is 0.310 e. The summed E-state index contributed by atoms with van der Waals surface area (Å²) in [5, 5.41) is 3.85. The normalized spacial score (nSPS) is 25.1. The predicted molar refractivity (Wildman–Crippen MR) is 59.0 cm³/mol. The summed E-state index contributed by atoms with van der Waals surface area (Å²) in [7, 11) is 1.43. The maximum atomic E-state index is 11.5. The number of hydrogen-bond donors (Lipinski definition) is 0. The monoisotopic (exact) mass is 239 g/mol. The Kier molecular flexibility index (Phi) is 3.42. The first-order valence-corrected chi connectivity index (χ1v) is 5.69. The topological polar surface area (TPSA) is 68.5 Å². The summed E-state index contributed by atoms with van der Waals surface area (Å²) in [6.45, 7) is 5.99. The molecule has 0 radical (unpaired) electrons. The molecule has 0 N–H and O–H groups in total. The summed E-state index contributed by atoms with van der Waals surface area (Å²) in [6.07, 6.45) is 0. The van der Waals surface area contributed by atoms with Gasteiger partial charge >= 0.3 is 5.97 Å². The number of aryl methyl sites for hydroxylation is 1. The van der Waals surface area contributed by atoms with Crippen LogP contribution in [0.2, 0.25) is 0 Å². The molecule has 1 aliphatic heterocycles. The maximum absolute atomic E-state index is 11.5. The van der Waals surface area contributed by atoms with E-state index in [2.05, 4.69) is 22.0 Å². The third-order valence-electron chi connectivity index (χ3n) is 3.13. The lowest BCUT2D eigenvalue weighted by atomic mass is 9.99. The molecule has 2 unspecified atom stereocenters. The van der Waals surface area contributed by atoms with Gasteiger partial charge in [0, 0.05) is 20.0 Å². The van der Waals surface area contributed by atoms with Gasteiger partial charge in [0.1, 0.15) is 0 Å². The lowest BCUT2D eigenvalue weighted by Gasteiger charge is -2.12. The second-order valence-corrected chi connectivity index (χ2v) is 4.53. The zero-order valence-electron chi connectivity index (χ0n) is 10.3. The molecule has 0 aliphatic carbocycles. The molecule has 0 bridgehead atoms. The minimum Gasteiger partial charge on any atom is -0.469 e. The number of ether oxygens (including phenoxy) is 1. The number of esters is 1. The molecule has 1 aromatic heterocycles. The lowest BCUT2D eigenvalue weighted by Crippen LogP contribution is -2.24. The Hall–Kier alpha value is -1.43. The molecule has 0 amide bonds. The summed E-state index contributed by atoms with van der Waals surface area (Å²) in [4.78, 5) is 17.8. The average molecular weight is 239 g/mol. The molecule has 2 rings (SSSR count). The van der Waals surface area contributed by atoms with Gasteiger partial charge in [-0.25, -0.2) is 0 Å². The number of hydrogen-bond acceptors (Lipinski definition) is 6. The van der Waals surface area contributed by atoms with Crippen molar-refractivity contribution in [2.75, 3.05) is 20.2 Å². The molecule has 1 aromatic rings. The molecule has 1 aliphatic rings. The Balaban J connectivity index is 1.95. The molecule has 2 atom stereocenters. The van der Waals surface area contributed by atoms with Crippen molar-refractivity contribution in [2.24, 2.45) is 11.8 Å². The summed E-state index contributed by atoms with van der Waals surface area (Å²) in [5.74, 6) is 1.35. The molecule has 2 heterocycles. The van der Waals surface area contributed by atoms with Gasteiger partial charge in [-0.3, -0.25) is 9.69 Å². The third-order valence-corrected chi connectivity index (χ3v) is 3.13. The van der Waals surface area contributed by atoms with Gasteiger partial charge in [0.15, 0.2) is 5.82 Å². The summed E-state index contributed by atoms with van der Waals surface area (Å²) in [6, 6.07) is 0. The number of likely N-dealkylation sites (tertiary alicyclic amines) is 1. The lowest BCUT2D eigenvalue weighted by molar-refractivity contribution is -0.146. The predicted octanol–water partition coefficient (Wildman–Crippen LogP) is 0.619. The number of methoxy groups -OCH3 is 1. The van der Waals surface area contributed by atoms with Gasteiger partial charge in [-0.15, -0.1) is 0 Å². The first-order valence-electron chi connectivity index (χ1n) is 5.69. The van der Waals surface area contributed by atoms with Crippen LogP contribution in [0, 0.1) is 18.8 Å². The maximum Gasteiger partial charge on any atom is 0.310 e. The van der Waals surface area contributed by atoms with Gasteiger partial charge < -0.3 is 9.26 Å². The number of aromatic nitrogens is 2. The molecule has 0 spiro atoms. The van der Waals surface area contributed by atoms with Crippen LogP contribution in [0.5, 0.6) is 0 Å². The second-order valence-electron chi connectivity index (χ2n) is 4.53. The van der Waals surface area contributed by atoms with E-state index in [1.807, 2.05) is 0 Å². The zero-order chi connectivity index (χ0) is 12.4. The summed E-state index contributed by atoms with van der Waals surface area (Å²) >= 11 is 0. The SMILES string of the molecule is COC(=O)C1CN(Cc2noc(C)n2)CC1C. The Labute approximate surface area is 99.9 Å². The Morgan fingerprint density at radius 2 is 2.35 bits per heavy atom. The minimum absolute atomic E-state index is 0.0482. The number of rotatable bonds is 3. The van der Waals surface area contributed by atoms with E-state index < -0.39 is 0 Å². The fourth-order valence-corrected chi connectivity index (χ4v) is 2.26. The van der Waals surface area contributed by atoms with E-state index >= 15 is 0 Å². The summed E-state index contributed by atoms with van der Waals surface area (Å²) < 4.78 is 9.71. The molecule has 17 heavy (non-hydrogen) atoms. The molecular formula is C11H17N3O3. The highest BCUT2D eigenvalue weighted by atomic mass is 16.5. The first kappa shape index (κ1) is 12.0. The van der Waals surface area contributed by atoms with Gasteiger partial charge in [0.2, 0.25) is 5.89 Å². The van der Waals surface area contributed by atoms with Crippen molar-refractivity contribution >= 4 is 5.97 Å². The molecule has 0 aromatic carbocycles. The van der Waals surface area contributed by atoms with Crippen LogP contribution in [0.4, 0.5) is 0 Å². The van der Waals surface area contributed by atoms with E-state index in [1.54, 1.807) is 6.92 Å². The van der Waals surface area contributed by atoms with Gasteiger partial charge in [0.25, 0.3) is 0 Å². The minimum atomic E-state index is -0.135. The van der Waals surface area contributed by atoms with Gasteiger partial charge in [-0.2, -0.15) is 4.98 Å².